The van der Waals surface area contributed by atoms with Crippen LogP contribution in [0.25, 0.3) is 21.7 Å². The minimum absolute atomic E-state index is 0.0863. The van der Waals surface area contributed by atoms with E-state index in [1.807, 2.05) is 11.6 Å². The molecule has 9 heteroatoms. The van der Waals surface area contributed by atoms with E-state index in [9.17, 15) is 0 Å². The highest BCUT2D eigenvalue weighted by atomic mass is 32.1. The van der Waals surface area contributed by atoms with E-state index in [2.05, 4.69) is 37.1 Å². The summed E-state index contributed by atoms with van der Waals surface area (Å²) < 4.78 is 6.37. The summed E-state index contributed by atoms with van der Waals surface area (Å²) in [5.74, 6) is 0. The Hall–Kier alpha value is -2.20. The maximum absolute atomic E-state index is 8.97. The van der Waals surface area contributed by atoms with Crippen LogP contribution in [0.1, 0.15) is 19.3 Å². The number of fused-ring (bicyclic) bond motifs is 3. The molecule has 4 saturated heterocycles. The SMILES string of the molecule is OOC1CCN(c2ccc(-c3nccs3)c3oc(N4CC5CC(C4)N5)nc23)CC1. The second-order valence-corrected chi connectivity index (χ2v) is 9.03. The van der Waals surface area contributed by atoms with Gasteiger partial charge in [0.1, 0.15) is 10.5 Å². The van der Waals surface area contributed by atoms with Crippen molar-refractivity contribution in [1.29, 1.82) is 0 Å². The molecule has 2 N–H and O–H groups in total. The molecule has 152 valence electrons. The molecule has 4 aliphatic rings. The van der Waals surface area contributed by atoms with Gasteiger partial charge < -0.3 is 19.5 Å². The van der Waals surface area contributed by atoms with Crippen molar-refractivity contribution in [1.82, 2.24) is 15.3 Å². The molecular weight excluding hydrogens is 390 g/mol. The minimum Gasteiger partial charge on any atom is -0.423 e. The quantitative estimate of drug-likeness (QED) is 0.499. The summed E-state index contributed by atoms with van der Waals surface area (Å²) in [7, 11) is 0. The second kappa shape index (κ2) is 6.94. The number of hydrogen-bond acceptors (Lipinski definition) is 9. The summed E-state index contributed by atoms with van der Waals surface area (Å²) in [5.41, 5.74) is 3.77. The Labute approximate surface area is 172 Å². The average Bonchev–Trinajstić information content (AvgIpc) is 3.43. The van der Waals surface area contributed by atoms with Crippen LogP contribution in [0.15, 0.2) is 28.1 Å². The van der Waals surface area contributed by atoms with Crippen molar-refractivity contribution in [2.75, 3.05) is 36.0 Å². The van der Waals surface area contributed by atoms with Gasteiger partial charge in [0.25, 0.3) is 6.01 Å². The van der Waals surface area contributed by atoms with Crippen LogP contribution in [0.3, 0.4) is 0 Å². The van der Waals surface area contributed by atoms with Gasteiger partial charge in [-0.2, -0.15) is 4.98 Å². The van der Waals surface area contributed by atoms with Gasteiger partial charge in [0, 0.05) is 49.8 Å². The van der Waals surface area contributed by atoms with Gasteiger partial charge in [-0.25, -0.2) is 9.87 Å². The second-order valence-electron chi connectivity index (χ2n) is 8.14. The molecule has 0 spiro atoms. The summed E-state index contributed by atoms with van der Waals surface area (Å²) in [6.07, 6.45) is 4.56. The average molecular weight is 414 g/mol. The van der Waals surface area contributed by atoms with Crippen molar-refractivity contribution in [3.8, 4) is 10.6 Å². The zero-order chi connectivity index (χ0) is 19.4. The van der Waals surface area contributed by atoms with Crippen LogP contribution in [0.2, 0.25) is 0 Å². The van der Waals surface area contributed by atoms with E-state index in [-0.39, 0.29) is 6.10 Å². The van der Waals surface area contributed by atoms with E-state index in [0.29, 0.717) is 18.1 Å². The van der Waals surface area contributed by atoms with Crippen LogP contribution in [0, 0.1) is 0 Å². The number of piperazine rings is 1. The van der Waals surface area contributed by atoms with Crippen molar-refractivity contribution < 1.29 is 14.6 Å². The van der Waals surface area contributed by atoms with Gasteiger partial charge in [-0.1, -0.05) is 0 Å². The summed E-state index contributed by atoms with van der Waals surface area (Å²) in [6.45, 7) is 3.50. The van der Waals surface area contributed by atoms with E-state index >= 15 is 0 Å². The third kappa shape index (κ3) is 3.00. The number of nitrogens with zero attached hydrogens (tertiary/aromatic N) is 4. The highest BCUT2D eigenvalue weighted by Crippen LogP contribution is 2.39. The first-order valence-corrected chi connectivity index (χ1v) is 11.1. The smallest absolute Gasteiger partial charge is 0.298 e. The Morgan fingerprint density at radius 2 is 1.97 bits per heavy atom. The first-order valence-electron chi connectivity index (χ1n) is 10.2. The molecule has 0 saturated carbocycles. The van der Waals surface area contributed by atoms with Gasteiger partial charge in [-0.05, 0) is 31.4 Å². The molecule has 7 rings (SSSR count). The van der Waals surface area contributed by atoms with E-state index in [0.717, 1.165) is 66.4 Å². The first kappa shape index (κ1) is 17.6. The topological polar surface area (TPSA) is 86.9 Å². The van der Waals surface area contributed by atoms with Crippen LogP contribution in [-0.4, -0.2) is 59.6 Å². The number of anilines is 2. The molecular formula is C20H23N5O3S. The molecule has 8 nitrogen and oxygen atoms in total. The summed E-state index contributed by atoms with van der Waals surface area (Å²) >= 11 is 1.61. The Kier molecular flexibility index (Phi) is 4.22. The molecule has 1 aromatic carbocycles. The van der Waals surface area contributed by atoms with Crippen molar-refractivity contribution in [2.24, 2.45) is 0 Å². The predicted molar refractivity (Wildman–Crippen MR) is 112 cm³/mol. The Bertz CT molecular complexity index is 999. The van der Waals surface area contributed by atoms with Crippen LogP contribution >= 0.6 is 11.3 Å². The van der Waals surface area contributed by atoms with Crippen molar-refractivity contribution in [3.05, 3.63) is 23.7 Å². The number of oxazole rings is 1. The van der Waals surface area contributed by atoms with Crippen molar-refractivity contribution in [3.63, 3.8) is 0 Å². The molecule has 2 unspecified atom stereocenters. The number of nitrogens with one attached hydrogen (secondary N) is 1. The van der Waals surface area contributed by atoms with Crippen LogP contribution < -0.4 is 15.1 Å². The van der Waals surface area contributed by atoms with Gasteiger partial charge in [0.2, 0.25) is 0 Å². The molecule has 0 aliphatic carbocycles. The maximum Gasteiger partial charge on any atom is 0.298 e. The number of hydrogen-bond donors (Lipinski definition) is 2. The van der Waals surface area contributed by atoms with E-state index in [1.165, 1.54) is 6.42 Å². The molecule has 0 amide bonds. The normalized spacial score (nSPS) is 24.9. The van der Waals surface area contributed by atoms with Gasteiger partial charge in [-0.15, -0.1) is 11.3 Å². The fourth-order valence-corrected chi connectivity index (χ4v) is 5.43. The molecule has 6 heterocycles. The number of benzene rings is 1. The number of rotatable bonds is 4. The van der Waals surface area contributed by atoms with E-state index in [1.54, 1.807) is 11.3 Å². The predicted octanol–water partition coefficient (Wildman–Crippen LogP) is 2.96. The summed E-state index contributed by atoms with van der Waals surface area (Å²) in [4.78, 5) is 18.6. The fourth-order valence-electron chi connectivity index (χ4n) is 4.77. The molecule has 2 aromatic heterocycles. The third-order valence-electron chi connectivity index (χ3n) is 6.30. The molecule has 4 fully saturated rings. The largest absolute Gasteiger partial charge is 0.423 e. The molecule has 2 bridgehead atoms. The number of aromatic nitrogens is 2. The fraction of sp³-hybridized carbons (Fsp3) is 0.500. The molecule has 3 aromatic rings. The van der Waals surface area contributed by atoms with Crippen molar-refractivity contribution >= 4 is 34.1 Å². The first-order chi connectivity index (χ1) is 14.3. The lowest BCUT2D eigenvalue weighted by Gasteiger charge is -2.47. The lowest BCUT2D eigenvalue weighted by atomic mass is 9.92. The van der Waals surface area contributed by atoms with Crippen LogP contribution in [-0.2, 0) is 4.89 Å². The molecule has 29 heavy (non-hydrogen) atoms. The summed E-state index contributed by atoms with van der Waals surface area (Å²) in [6, 6.07) is 6.00. The lowest BCUT2D eigenvalue weighted by Crippen LogP contribution is -2.67. The monoisotopic (exact) mass is 413 g/mol. The highest BCUT2D eigenvalue weighted by molar-refractivity contribution is 7.13. The number of thiazole rings is 1. The van der Waals surface area contributed by atoms with Crippen LogP contribution in [0.5, 0.6) is 0 Å². The summed E-state index contributed by atoms with van der Waals surface area (Å²) in [5, 5.41) is 15.5. The Morgan fingerprint density at radius 3 is 2.66 bits per heavy atom. The number of piperidine rings is 2. The lowest BCUT2D eigenvalue weighted by molar-refractivity contribution is -0.281. The molecule has 0 radical (unpaired) electrons. The maximum atomic E-state index is 8.97. The van der Waals surface area contributed by atoms with Gasteiger partial charge in [-0.3, -0.25) is 5.26 Å². The standard InChI is InChI=1S/C20H23N5O3S/c26-28-14-3-6-24(7-4-14)16-2-1-15(19-21-5-8-29-19)18-17(16)23-20(27-18)25-10-12-9-13(11-25)22-12/h1-2,5,8,12-14,22,26H,3-4,6-7,9-11H2. The van der Waals surface area contributed by atoms with Gasteiger partial charge in [0.15, 0.2) is 5.58 Å². The third-order valence-corrected chi connectivity index (χ3v) is 7.10. The van der Waals surface area contributed by atoms with Crippen molar-refractivity contribution in [2.45, 2.75) is 37.5 Å². The zero-order valence-electron chi connectivity index (χ0n) is 16.0. The molecule has 4 aliphatic heterocycles. The Morgan fingerprint density at radius 1 is 1.17 bits per heavy atom. The zero-order valence-corrected chi connectivity index (χ0v) is 16.8. The minimum atomic E-state index is -0.0863. The van der Waals surface area contributed by atoms with E-state index < -0.39 is 0 Å². The van der Waals surface area contributed by atoms with Gasteiger partial charge >= 0.3 is 0 Å². The highest BCUT2D eigenvalue weighted by Gasteiger charge is 2.38. The van der Waals surface area contributed by atoms with Crippen LogP contribution in [0.4, 0.5) is 11.7 Å². The molecule has 2 atom stereocenters. The van der Waals surface area contributed by atoms with E-state index in [4.69, 9.17) is 14.7 Å². The van der Waals surface area contributed by atoms with Gasteiger partial charge in [0.05, 0.1) is 17.4 Å². The Balaban J connectivity index is 1.41.